The maximum Gasteiger partial charge on any atom is 0.172 e. The predicted molar refractivity (Wildman–Crippen MR) is 107 cm³/mol. The molecular formula is C20H18BrO3P. The molecular weight excluding hydrogens is 399 g/mol. The van der Waals surface area contributed by atoms with E-state index >= 15 is 0 Å². The molecule has 0 spiro atoms. The lowest BCUT2D eigenvalue weighted by Crippen LogP contribution is -2.26. The van der Waals surface area contributed by atoms with Gasteiger partial charge in [-0.05, 0) is 22.0 Å². The fourth-order valence-corrected chi connectivity index (χ4v) is 6.63. The van der Waals surface area contributed by atoms with Crippen molar-refractivity contribution in [2.75, 3.05) is 14.2 Å². The van der Waals surface area contributed by atoms with Crippen molar-refractivity contribution in [3.63, 3.8) is 0 Å². The van der Waals surface area contributed by atoms with Crippen LogP contribution in [0, 0.1) is 0 Å². The highest BCUT2D eigenvalue weighted by Gasteiger charge is 2.33. The zero-order chi connectivity index (χ0) is 17.9. The van der Waals surface area contributed by atoms with E-state index < -0.39 is 7.14 Å². The van der Waals surface area contributed by atoms with Crippen LogP contribution in [0.15, 0.2) is 77.3 Å². The molecule has 0 unspecified atom stereocenters. The summed E-state index contributed by atoms with van der Waals surface area (Å²) in [6, 6.07) is 22.6. The minimum absolute atomic E-state index is 0.585. The van der Waals surface area contributed by atoms with E-state index in [1.165, 1.54) is 0 Å². The minimum Gasteiger partial charge on any atom is -0.497 e. The van der Waals surface area contributed by atoms with Crippen molar-refractivity contribution >= 4 is 39.0 Å². The molecule has 0 aliphatic carbocycles. The number of benzene rings is 3. The molecule has 0 saturated heterocycles. The second-order valence-corrected chi connectivity index (χ2v) is 8.97. The first-order chi connectivity index (χ1) is 12.1. The monoisotopic (exact) mass is 416 g/mol. The van der Waals surface area contributed by atoms with Crippen molar-refractivity contribution in [1.82, 2.24) is 0 Å². The van der Waals surface area contributed by atoms with Gasteiger partial charge < -0.3 is 14.0 Å². The standard InChI is InChI=1S/C20H18BrO3P/c1-23-15-13-18(24-2)20(21)19(14-15)25(22,16-9-5-3-6-10-16)17-11-7-4-8-12-17/h3-14H,1-2H3. The molecule has 0 heterocycles. The first kappa shape index (κ1) is 17.8. The third kappa shape index (κ3) is 3.24. The maximum atomic E-state index is 14.4. The van der Waals surface area contributed by atoms with Crippen LogP contribution < -0.4 is 25.4 Å². The van der Waals surface area contributed by atoms with E-state index in [0.717, 1.165) is 10.6 Å². The minimum atomic E-state index is -3.10. The van der Waals surface area contributed by atoms with Gasteiger partial charge in [0.1, 0.15) is 11.5 Å². The van der Waals surface area contributed by atoms with Gasteiger partial charge in [0.05, 0.1) is 18.7 Å². The number of halogens is 1. The summed E-state index contributed by atoms with van der Waals surface area (Å²) in [5.41, 5.74) is 0. The quantitative estimate of drug-likeness (QED) is 0.587. The Morgan fingerprint density at radius 1 is 0.800 bits per heavy atom. The Morgan fingerprint density at radius 2 is 1.32 bits per heavy atom. The van der Waals surface area contributed by atoms with E-state index in [1.807, 2.05) is 66.7 Å². The zero-order valence-electron chi connectivity index (χ0n) is 14.0. The van der Waals surface area contributed by atoms with Gasteiger partial charge in [0.15, 0.2) is 7.14 Å². The first-order valence-electron chi connectivity index (χ1n) is 7.74. The van der Waals surface area contributed by atoms with Crippen molar-refractivity contribution in [1.29, 1.82) is 0 Å². The zero-order valence-corrected chi connectivity index (χ0v) is 16.5. The molecule has 0 aromatic heterocycles. The Hall–Kier alpha value is -2.03. The molecule has 0 saturated carbocycles. The predicted octanol–water partition coefficient (Wildman–Crippen LogP) is 4.11. The first-order valence-corrected chi connectivity index (χ1v) is 10.2. The molecule has 128 valence electrons. The number of ether oxygens (including phenoxy) is 2. The van der Waals surface area contributed by atoms with Crippen molar-refractivity contribution in [3.8, 4) is 11.5 Å². The summed E-state index contributed by atoms with van der Waals surface area (Å²) in [5.74, 6) is 1.18. The van der Waals surface area contributed by atoms with Crippen LogP contribution in [0.25, 0.3) is 0 Å². The van der Waals surface area contributed by atoms with Gasteiger partial charge in [0.2, 0.25) is 0 Å². The Bertz CT molecular complexity index is 867. The molecule has 0 atom stereocenters. The Balaban J connectivity index is 2.37. The topological polar surface area (TPSA) is 35.5 Å². The molecule has 0 aliphatic heterocycles. The summed E-state index contributed by atoms with van der Waals surface area (Å²) < 4.78 is 26.0. The Labute approximate surface area is 156 Å². The average molecular weight is 417 g/mol. The van der Waals surface area contributed by atoms with Gasteiger partial charge in [-0.25, -0.2) is 0 Å². The number of methoxy groups -OCH3 is 2. The summed E-state index contributed by atoms with van der Waals surface area (Å²) >= 11 is 3.58. The molecule has 0 fully saturated rings. The van der Waals surface area contributed by atoms with Crippen LogP contribution in [0.2, 0.25) is 0 Å². The normalized spacial score (nSPS) is 11.2. The van der Waals surface area contributed by atoms with Crippen LogP contribution in [0.3, 0.4) is 0 Å². The van der Waals surface area contributed by atoms with Gasteiger partial charge >= 0.3 is 0 Å². The third-order valence-electron chi connectivity index (χ3n) is 4.03. The van der Waals surface area contributed by atoms with Gasteiger partial charge in [-0.3, -0.25) is 0 Å². The van der Waals surface area contributed by atoms with Crippen LogP contribution in [0.1, 0.15) is 0 Å². The van der Waals surface area contributed by atoms with E-state index in [1.54, 1.807) is 20.3 Å². The summed E-state index contributed by atoms with van der Waals surface area (Å²) in [6.45, 7) is 0. The molecule has 3 nitrogen and oxygen atoms in total. The fourth-order valence-electron chi connectivity index (χ4n) is 2.76. The van der Waals surface area contributed by atoms with Crippen molar-refractivity contribution in [2.24, 2.45) is 0 Å². The molecule has 0 radical (unpaired) electrons. The Morgan fingerprint density at radius 3 is 1.76 bits per heavy atom. The van der Waals surface area contributed by atoms with E-state index in [9.17, 15) is 4.57 Å². The molecule has 0 N–H and O–H groups in total. The molecule has 0 bridgehead atoms. The van der Waals surface area contributed by atoms with Gasteiger partial charge in [-0.15, -0.1) is 0 Å². The smallest absolute Gasteiger partial charge is 0.172 e. The van der Waals surface area contributed by atoms with E-state index in [0.29, 0.717) is 21.3 Å². The van der Waals surface area contributed by atoms with Crippen molar-refractivity contribution in [3.05, 3.63) is 77.3 Å². The highest BCUT2D eigenvalue weighted by molar-refractivity contribution is 9.10. The maximum absolute atomic E-state index is 14.4. The van der Waals surface area contributed by atoms with Crippen LogP contribution in [0.5, 0.6) is 11.5 Å². The molecule has 0 aliphatic rings. The lowest BCUT2D eigenvalue weighted by Gasteiger charge is -2.22. The molecule has 3 aromatic carbocycles. The second kappa shape index (κ2) is 7.47. The average Bonchev–Trinajstić information content (AvgIpc) is 2.69. The lowest BCUT2D eigenvalue weighted by atomic mass is 10.3. The fraction of sp³-hybridized carbons (Fsp3) is 0.100. The SMILES string of the molecule is COc1cc(OC)c(Br)c(P(=O)(c2ccccc2)c2ccccc2)c1. The van der Waals surface area contributed by atoms with Gasteiger partial charge in [-0.1, -0.05) is 60.7 Å². The lowest BCUT2D eigenvalue weighted by molar-refractivity contribution is 0.393. The molecule has 3 rings (SSSR count). The van der Waals surface area contributed by atoms with Gasteiger partial charge in [0.25, 0.3) is 0 Å². The summed E-state index contributed by atoms with van der Waals surface area (Å²) in [7, 11) is 0.0672. The van der Waals surface area contributed by atoms with Crippen LogP contribution in [-0.2, 0) is 4.57 Å². The molecule has 0 amide bonds. The van der Waals surface area contributed by atoms with Crippen LogP contribution >= 0.6 is 23.1 Å². The van der Waals surface area contributed by atoms with Crippen molar-refractivity contribution in [2.45, 2.75) is 0 Å². The largest absolute Gasteiger partial charge is 0.497 e. The number of hydrogen-bond donors (Lipinski definition) is 0. The van der Waals surface area contributed by atoms with E-state index in [4.69, 9.17) is 9.47 Å². The van der Waals surface area contributed by atoms with Gasteiger partial charge in [-0.2, -0.15) is 0 Å². The second-order valence-electron chi connectivity index (χ2n) is 5.44. The van der Waals surface area contributed by atoms with E-state index in [-0.39, 0.29) is 0 Å². The van der Waals surface area contributed by atoms with Crippen LogP contribution in [-0.4, -0.2) is 14.2 Å². The molecule has 5 heteroatoms. The summed E-state index contributed by atoms with van der Waals surface area (Å²) in [5, 5.41) is 2.18. The number of rotatable bonds is 5. The van der Waals surface area contributed by atoms with Crippen LogP contribution in [0.4, 0.5) is 0 Å². The van der Waals surface area contributed by atoms with Gasteiger partial charge in [0, 0.05) is 22.0 Å². The highest BCUT2D eigenvalue weighted by atomic mass is 79.9. The highest BCUT2D eigenvalue weighted by Crippen LogP contribution is 2.47. The molecule has 25 heavy (non-hydrogen) atoms. The Kier molecular flexibility index (Phi) is 5.31. The summed E-state index contributed by atoms with van der Waals surface area (Å²) in [6.07, 6.45) is 0. The summed E-state index contributed by atoms with van der Waals surface area (Å²) in [4.78, 5) is 0. The van der Waals surface area contributed by atoms with E-state index in [2.05, 4.69) is 15.9 Å². The number of hydrogen-bond acceptors (Lipinski definition) is 3. The van der Waals surface area contributed by atoms with Crippen molar-refractivity contribution < 1.29 is 14.0 Å². The molecule has 3 aromatic rings. The third-order valence-corrected chi connectivity index (χ3v) is 8.23.